The molecule has 1 heterocycles. The van der Waals surface area contributed by atoms with Crippen LogP contribution in [0.4, 0.5) is 6.01 Å². The minimum absolute atomic E-state index is 0.152. The normalized spacial score (nSPS) is 11.3. The number of esters is 1. The minimum atomic E-state index is -0.645. The third-order valence-corrected chi connectivity index (χ3v) is 1.02. The summed E-state index contributed by atoms with van der Waals surface area (Å²) in [5.74, 6) is -0.805. The van der Waals surface area contributed by atoms with Crippen molar-refractivity contribution < 1.29 is 14.1 Å². The summed E-state index contributed by atoms with van der Waals surface area (Å²) in [6, 6.07) is -0.152. The fourth-order valence-electron chi connectivity index (χ4n) is 0.642. The molecule has 1 aromatic heterocycles. The van der Waals surface area contributed by atoms with Crippen molar-refractivity contribution in [1.82, 2.24) is 10.1 Å². The van der Waals surface area contributed by atoms with Gasteiger partial charge in [-0.15, -0.1) is 0 Å². The SMILES string of the molecule is CC(C)(C)OC(=O)c1noc(N)n1. The molecule has 1 rings (SSSR count). The van der Waals surface area contributed by atoms with Gasteiger partial charge >= 0.3 is 12.0 Å². The average Bonchev–Trinajstić information content (AvgIpc) is 2.31. The van der Waals surface area contributed by atoms with Gasteiger partial charge in [0, 0.05) is 0 Å². The number of nitrogens with zero attached hydrogens (tertiary/aromatic N) is 2. The Morgan fingerprint density at radius 3 is 2.54 bits per heavy atom. The van der Waals surface area contributed by atoms with Gasteiger partial charge < -0.3 is 15.0 Å². The highest BCUT2D eigenvalue weighted by molar-refractivity contribution is 5.85. The topological polar surface area (TPSA) is 91.2 Å². The average molecular weight is 185 g/mol. The van der Waals surface area contributed by atoms with Crippen molar-refractivity contribution in [2.75, 3.05) is 5.73 Å². The molecule has 0 saturated heterocycles. The highest BCUT2D eigenvalue weighted by atomic mass is 16.6. The van der Waals surface area contributed by atoms with Crippen LogP contribution in [0.2, 0.25) is 0 Å². The fourth-order valence-corrected chi connectivity index (χ4v) is 0.642. The van der Waals surface area contributed by atoms with Gasteiger partial charge in [0.2, 0.25) is 0 Å². The van der Waals surface area contributed by atoms with Gasteiger partial charge in [0.25, 0.3) is 5.82 Å². The van der Waals surface area contributed by atoms with Gasteiger partial charge in [0.05, 0.1) is 0 Å². The molecule has 0 amide bonds. The molecule has 0 spiro atoms. The molecule has 0 unspecified atom stereocenters. The highest BCUT2D eigenvalue weighted by Crippen LogP contribution is 2.10. The largest absolute Gasteiger partial charge is 0.454 e. The molecule has 13 heavy (non-hydrogen) atoms. The first kappa shape index (κ1) is 9.50. The van der Waals surface area contributed by atoms with E-state index in [9.17, 15) is 4.79 Å². The Bertz CT molecular complexity index is 313. The number of anilines is 1. The van der Waals surface area contributed by atoms with Gasteiger partial charge in [-0.1, -0.05) is 0 Å². The highest BCUT2D eigenvalue weighted by Gasteiger charge is 2.21. The van der Waals surface area contributed by atoms with Crippen LogP contribution in [-0.4, -0.2) is 21.7 Å². The van der Waals surface area contributed by atoms with E-state index in [0.717, 1.165) is 0 Å². The van der Waals surface area contributed by atoms with Gasteiger partial charge in [-0.3, -0.25) is 0 Å². The number of aromatic nitrogens is 2. The number of rotatable bonds is 1. The Balaban J connectivity index is 2.70. The summed E-state index contributed by atoms with van der Waals surface area (Å²) in [4.78, 5) is 14.7. The molecule has 0 radical (unpaired) electrons. The van der Waals surface area contributed by atoms with Crippen molar-refractivity contribution in [3.63, 3.8) is 0 Å². The van der Waals surface area contributed by atoms with Crippen molar-refractivity contribution in [3.8, 4) is 0 Å². The lowest BCUT2D eigenvalue weighted by atomic mass is 10.2. The lowest BCUT2D eigenvalue weighted by Gasteiger charge is -2.17. The van der Waals surface area contributed by atoms with Crippen LogP contribution in [-0.2, 0) is 4.74 Å². The summed E-state index contributed by atoms with van der Waals surface area (Å²) >= 11 is 0. The zero-order valence-electron chi connectivity index (χ0n) is 7.70. The lowest BCUT2D eigenvalue weighted by Crippen LogP contribution is -2.24. The summed E-state index contributed by atoms with van der Waals surface area (Å²) in [6.07, 6.45) is 0. The van der Waals surface area contributed by atoms with E-state index in [-0.39, 0.29) is 11.8 Å². The second-order valence-electron chi connectivity index (χ2n) is 3.46. The minimum Gasteiger partial charge on any atom is -0.454 e. The summed E-state index contributed by atoms with van der Waals surface area (Å²) in [5.41, 5.74) is 4.56. The molecule has 0 aliphatic rings. The molecule has 6 nitrogen and oxygen atoms in total. The molecule has 1 aromatic rings. The van der Waals surface area contributed by atoms with Crippen LogP contribution in [0.5, 0.6) is 0 Å². The summed E-state index contributed by atoms with van der Waals surface area (Å²) in [5, 5.41) is 3.31. The Kier molecular flexibility index (Phi) is 2.22. The third-order valence-electron chi connectivity index (χ3n) is 1.02. The van der Waals surface area contributed by atoms with E-state index >= 15 is 0 Å². The van der Waals surface area contributed by atoms with Crippen LogP contribution >= 0.6 is 0 Å². The first-order valence-electron chi connectivity index (χ1n) is 3.71. The van der Waals surface area contributed by atoms with Crippen molar-refractivity contribution in [1.29, 1.82) is 0 Å². The van der Waals surface area contributed by atoms with E-state index in [0.29, 0.717) is 0 Å². The third kappa shape index (κ3) is 2.73. The number of nitrogens with two attached hydrogens (primary N) is 1. The summed E-state index contributed by atoms with van der Waals surface area (Å²) < 4.78 is 9.37. The van der Waals surface area contributed by atoms with E-state index < -0.39 is 11.6 Å². The van der Waals surface area contributed by atoms with E-state index in [4.69, 9.17) is 10.5 Å². The first-order valence-corrected chi connectivity index (χ1v) is 3.71. The Labute approximate surface area is 75.1 Å². The predicted octanol–water partition coefficient (Wildman–Crippen LogP) is 0.607. The smallest absolute Gasteiger partial charge is 0.380 e. The number of carbonyl (C=O) groups is 1. The van der Waals surface area contributed by atoms with E-state index in [2.05, 4.69) is 14.7 Å². The Morgan fingerprint density at radius 2 is 2.15 bits per heavy atom. The monoisotopic (exact) mass is 185 g/mol. The first-order chi connectivity index (χ1) is 5.88. The standard InChI is InChI=1S/C7H11N3O3/c1-7(2,3)12-5(11)4-9-6(8)13-10-4/h1-3H3,(H2,8,9,10). The van der Waals surface area contributed by atoms with Gasteiger partial charge in [0.15, 0.2) is 0 Å². The van der Waals surface area contributed by atoms with Gasteiger partial charge in [-0.2, -0.15) is 4.98 Å². The molecule has 2 N–H and O–H groups in total. The molecule has 0 bridgehead atoms. The number of ether oxygens (including phenoxy) is 1. The molecule has 0 aliphatic carbocycles. The van der Waals surface area contributed by atoms with Crippen LogP contribution in [0.15, 0.2) is 4.52 Å². The quantitative estimate of drug-likeness (QED) is 0.644. The Hall–Kier alpha value is -1.59. The number of hydrogen-bond acceptors (Lipinski definition) is 6. The zero-order valence-corrected chi connectivity index (χ0v) is 7.70. The lowest BCUT2D eigenvalue weighted by molar-refractivity contribution is 0.00528. The van der Waals surface area contributed by atoms with Crippen molar-refractivity contribution >= 4 is 12.0 Å². The molecule has 0 fully saturated rings. The number of carbonyl (C=O) groups excluding carboxylic acids is 1. The van der Waals surface area contributed by atoms with Crippen molar-refractivity contribution in [2.45, 2.75) is 26.4 Å². The molecular formula is C7H11N3O3. The second kappa shape index (κ2) is 3.04. The van der Waals surface area contributed by atoms with E-state index in [1.807, 2.05) is 0 Å². The van der Waals surface area contributed by atoms with Crippen LogP contribution in [0.3, 0.4) is 0 Å². The van der Waals surface area contributed by atoms with E-state index in [1.54, 1.807) is 20.8 Å². The molecule has 6 heteroatoms. The molecular weight excluding hydrogens is 174 g/mol. The Morgan fingerprint density at radius 1 is 1.54 bits per heavy atom. The molecule has 0 aromatic carbocycles. The van der Waals surface area contributed by atoms with Crippen molar-refractivity contribution in [2.24, 2.45) is 0 Å². The van der Waals surface area contributed by atoms with Gasteiger partial charge in [0.1, 0.15) is 5.60 Å². The second-order valence-corrected chi connectivity index (χ2v) is 3.46. The summed E-state index contributed by atoms with van der Waals surface area (Å²) in [7, 11) is 0. The zero-order chi connectivity index (χ0) is 10.1. The van der Waals surface area contributed by atoms with Crippen LogP contribution in [0.25, 0.3) is 0 Å². The van der Waals surface area contributed by atoms with Crippen LogP contribution < -0.4 is 5.73 Å². The maximum Gasteiger partial charge on any atom is 0.380 e. The predicted molar refractivity (Wildman–Crippen MR) is 43.9 cm³/mol. The van der Waals surface area contributed by atoms with Gasteiger partial charge in [-0.25, -0.2) is 4.79 Å². The van der Waals surface area contributed by atoms with E-state index in [1.165, 1.54) is 0 Å². The van der Waals surface area contributed by atoms with Crippen LogP contribution in [0, 0.1) is 0 Å². The molecule has 0 atom stereocenters. The molecule has 72 valence electrons. The summed E-state index contributed by atoms with van der Waals surface area (Å²) in [6.45, 7) is 5.23. The molecule has 0 aliphatic heterocycles. The number of hydrogen-bond donors (Lipinski definition) is 1. The maximum absolute atomic E-state index is 11.2. The fraction of sp³-hybridized carbons (Fsp3) is 0.571. The van der Waals surface area contributed by atoms with Crippen molar-refractivity contribution in [3.05, 3.63) is 5.82 Å². The molecule has 0 saturated carbocycles. The number of nitrogen functional groups attached to an aromatic ring is 1. The maximum atomic E-state index is 11.2. The van der Waals surface area contributed by atoms with Gasteiger partial charge in [-0.05, 0) is 25.9 Å². The van der Waals surface area contributed by atoms with Crippen LogP contribution in [0.1, 0.15) is 31.4 Å².